The van der Waals surface area contributed by atoms with Crippen LogP contribution in [0.3, 0.4) is 0 Å². The summed E-state index contributed by atoms with van der Waals surface area (Å²) in [4.78, 5) is 46.1. The fourth-order valence-corrected chi connectivity index (χ4v) is 3.06. The van der Waals surface area contributed by atoms with Crippen LogP contribution in [0, 0.1) is 10.1 Å². The number of aryl methyl sites for hydroxylation is 1. The number of oxazole rings is 1. The Balaban J connectivity index is 1.55. The van der Waals surface area contributed by atoms with Crippen LogP contribution in [0.2, 0.25) is 0 Å². The number of non-ortho nitro benzene ring substituents is 1. The molecule has 1 aromatic carbocycles. The monoisotopic (exact) mass is 390 g/mol. The number of thiophene rings is 1. The molecule has 3 aromatic rings. The molecule has 0 unspecified atom stereocenters. The highest BCUT2D eigenvalue weighted by atomic mass is 32.1. The van der Waals surface area contributed by atoms with Crippen LogP contribution in [-0.2, 0) is 11.3 Å². The molecule has 11 heteroatoms. The first kappa shape index (κ1) is 18.3. The van der Waals surface area contributed by atoms with Crippen LogP contribution in [0.1, 0.15) is 22.5 Å². The highest BCUT2D eigenvalue weighted by molar-refractivity contribution is 7.12. The Bertz CT molecular complexity index is 1050. The van der Waals surface area contributed by atoms with Crippen molar-refractivity contribution in [3.05, 3.63) is 61.3 Å². The maximum Gasteiger partial charge on any atom is 0.419 e. The molecule has 3 rings (SSSR count). The van der Waals surface area contributed by atoms with Crippen molar-refractivity contribution in [2.24, 2.45) is 0 Å². The van der Waals surface area contributed by atoms with Gasteiger partial charge in [0.1, 0.15) is 0 Å². The number of amides is 2. The summed E-state index contributed by atoms with van der Waals surface area (Å²) in [7, 11) is 0. The van der Waals surface area contributed by atoms with Gasteiger partial charge in [-0.15, -0.1) is 11.3 Å². The van der Waals surface area contributed by atoms with Gasteiger partial charge in [0.15, 0.2) is 5.58 Å². The lowest BCUT2D eigenvalue weighted by molar-refractivity contribution is -0.384. The number of hydrogen-bond donors (Lipinski definition) is 2. The molecule has 0 spiro atoms. The third kappa shape index (κ3) is 4.20. The summed E-state index contributed by atoms with van der Waals surface area (Å²) in [5, 5.41) is 12.5. The Kier molecular flexibility index (Phi) is 5.31. The van der Waals surface area contributed by atoms with Crippen LogP contribution in [0.5, 0.6) is 0 Å². The number of nitrogens with one attached hydrogen (secondary N) is 2. The van der Waals surface area contributed by atoms with Crippen molar-refractivity contribution in [3.63, 3.8) is 0 Å². The van der Waals surface area contributed by atoms with Gasteiger partial charge >= 0.3 is 5.76 Å². The quantitative estimate of drug-likeness (QED) is 0.486. The van der Waals surface area contributed by atoms with Crippen LogP contribution in [0.15, 0.2) is 44.9 Å². The summed E-state index contributed by atoms with van der Waals surface area (Å²) in [6.45, 7) is 0.190. The predicted octanol–water partition coefficient (Wildman–Crippen LogP) is 1.81. The third-order valence-corrected chi connectivity index (χ3v) is 4.58. The predicted molar refractivity (Wildman–Crippen MR) is 96.3 cm³/mol. The van der Waals surface area contributed by atoms with Crippen molar-refractivity contribution in [1.29, 1.82) is 0 Å². The van der Waals surface area contributed by atoms with Gasteiger partial charge in [-0.2, -0.15) is 0 Å². The number of aromatic nitrogens is 1. The van der Waals surface area contributed by atoms with Crippen molar-refractivity contribution in [2.75, 3.05) is 0 Å². The van der Waals surface area contributed by atoms with E-state index in [4.69, 9.17) is 4.42 Å². The van der Waals surface area contributed by atoms with E-state index in [2.05, 4.69) is 10.9 Å². The van der Waals surface area contributed by atoms with Gasteiger partial charge in [-0.05, 0) is 23.9 Å². The van der Waals surface area contributed by atoms with E-state index in [1.165, 1.54) is 34.1 Å². The molecule has 10 nitrogen and oxygen atoms in total. The topological polar surface area (TPSA) is 136 Å². The van der Waals surface area contributed by atoms with Crippen molar-refractivity contribution in [3.8, 4) is 0 Å². The highest BCUT2D eigenvalue weighted by Crippen LogP contribution is 2.20. The van der Waals surface area contributed by atoms with Gasteiger partial charge in [0.25, 0.3) is 11.6 Å². The number of fused-ring (bicyclic) bond motifs is 1. The Labute approximate surface area is 155 Å². The van der Waals surface area contributed by atoms with Gasteiger partial charge in [0.2, 0.25) is 5.91 Å². The lowest BCUT2D eigenvalue weighted by Gasteiger charge is -2.06. The van der Waals surface area contributed by atoms with Crippen molar-refractivity contribution in [2.45, 2.75) is 19.4 Å². The third-order valence-electron chi connectivity index (χ3n) is 3.71. The number of rotatable bonds is 6. The first-order valence-electron chi connectivity index (χ1n) is 7.86. The molecule has 0 aliphatic carbocycles. The number of benzene rings is 1. The summed E-state index contributed by atoms with van der Waals surface area (Å²) in [5.74, 6) is -1.47. The van der Waals surface area contributed by atoms with E-state index in [1.807, 2.05) is 0 Å². The minimum atomic E-state index is -0.656. The van der Waals surface area contributed by atoms with Crippen LogP contribution in [0.4, 0.5) is 5.69 Å². The van der Waals surface area contributed by atoms with Gasteiger partial charge in [0, 0.05) is 19.0 Å². The molecular weight excluding hydrogens is 376 g/mol. The number of nitrogens with zero attached hydrogens (tertiary/aromatic N) is 2. The number of nitro groups is 1. The van der Waals surface area contributed by atoms with E-state index < -0.39 is 22.5 Å². The van der Waals surface area contributed by atoms with Gasteiger partial charge < -0.3 is 4.42 Å². The van der Waals surface area contributed by atoms with E-state index in [0.29, 0.717) is 16.8 Å². The number of hydrazine groups is 1. The number of hydrogen-bond acceptors (Lipinski definition) is 7. The number of carbonyl (C=O) groups excluding carboxylic acids is 2. The van der Waals surface area contributed by atoms with Crippen molar-refractivity contribution in [1.82, 2.24) is 15.4 Å². The summed E-state index contributed by atoms with van der Waals surface area (Å²) in [6.07, 6.45) is 0.378. The Morgan fingerprint density at radius 2 is 2.07 bits per heavy atom. The molecule has 0 radical (unpaired) electrons. The standard InChI is InChI=1S/C16H14N4O6S/c21-14(17-18-15(22)13-3-2-8-27-13)4-1-7-19-11-6-5-10(20(24)25)9-12(11)26-16(19)23/h2-3,5-6,8-9H,1,4,7H2,(H,17,21)(H,18,22). The van der Waals surface area contributed by atoms with E-state index >= 15 is 0 Å². The maximum atomic E-state index is 11.9. The second-order valence-corrected chi connectivity index (χ2v) is 6.46. The molecule has 27 heavy (non-hydrogen) atoms. The molecule has 0 atom stereocenters. The van der Waals surface area contributed by atoms with Crippen LogP contribution < -0.4 is 16.6 Å². The molecule has 2 N–H and O–H groups in total. The number of carbonyl (C=O) groups is 2. The lowest BCUT2D eigenvalue weighted by atomic mass is 10.2. The van der Waals surface area contributed by atoms with Gasteiger partial charge in [-0.3, -0.25) is 35.1 Å². The first-order valence-corrected chi connectivity index (χ1v) is 8.74. The first-order chi connectivity index (χ1) is 13.0. The van der Waals surface area contributed by atoms with Crippen LogP contribution >= 0.6 is 11.3 Å². The molecule has 2 amide bonds. The van der Waals surface area contributed by atoms with Crippen LogP contribution in [0.25, 0.3) is 11.1 Å². The highest BCUT2D eigenvalue weighted by Gasteiger charge is 2.14. The SMILES string of the molecule is O=C(CCCn1c(=O)oc2cc([N+](=O)[O-])ccc21)NNC(=O)c1cccs1. The van der Waals surface area contributed by atoms with E-state index in [1.54, 1.807) is 17.5 Å². The summed E-state index contributed by atoms with van der Waals surface area (Å²) in [6, 6.07) is 7.25. The summed E-state index contributed by atoms with van der Waals surface area (Å²) < 4.78 is 6.32. The zero-order chi connectivity index (χ0) is 19.4. The number of nitro benzene ring substituents is 1. The molecule has 2 aromatic heterocycles. The molecule has 140 valence electrons. The summed E-state index contributed by atoms with van der Waals surface area (Å²) >= 11 is 1.25. The Morgan fingerprint density at radius 1 is 1.26 bits per heavy atom. The normalized spacial score (nSPS) is 10.7. The second-order valence-electron chi connectivity index (χ2n) is 5.51. The zero-order valence-electron chi connectivity index (χ0n) is 13.8. The molecule has 0 saturated carbocycles. The van der Waals surface area contributed by atoms with Crippen LogP contribution in [-0.4, -0.2) is 21.3 Å². The smallest absolute Gasteiger partial charge is 0.407 e. The fraction of sp³-hybridized carbons (Fsp3) is 0.188. The largest absolute Gasteiger partial charge is 0.419 e. The molecule has 0 aliphatic rings. The zero-order valence-corrected chi connectivity index (χ0v) is 14.7. The minimum absolute atomic E-state index is 0.0663. The molecule has 2 heterocycles. The van der Waals surface area contributed by atoms with Gasteiger partial charge in [-0.25, -0.2) is 4.79 Å². The Morgan fingerprint density at radius 3 is 2.78 bits per heavy atom. The molecule has 0 bridgehead atoms. The maximum absolute atomic E-state index is 11.9. The summed E-state index contributed by atoms with van der Waals surface area (Å²) in [5.41, 5.74) is 4.96. The second kappa shape index (κ2) is 7.83. The average molecular weight is 390 g/mol. The van der Waals surface area contributed by atoms with E-state index in [0.717, 1.165) is 0 Å². The van der Waals surface area contributed by atoms with Gasteiger partial charge in [-0.1, -0.05) is 6.07 Å². The van der Waals surface area contributed by atoms with Crippen molar-refractivity contribution >= 4 is 39.9 Å². The molecule has 0 saturated heterocycles. The molecular formula is C16H14N4O6S. The minimum Gasteiger partial charge on any atom is -0.407 e. The van der Waals surface area contributed by atoms with Crippen molar-refractivity contribution < 1.29 is 18.9 Å². The fourth-order valence-electron chi connectivity index (χ4n) is 2.44. The van der Waals surface area contributed by atoms with Gasteiger partial charge in [0.05, 0.1) is 21.4 Å². The lowest BCUT2D eigenvalue weighted by Crippen LogP contribution is -2.41. The average Bonchev–Trinajstić information content (AvgIpc) is 3.27. The van der Waals surface area contributed by atoms with E-state index in [-0.39, 0.29) is 24.2 Å². The molecule has 0 fully saturated rings. The Hall–Kier alpha value is -3.47. The van der Waals surface area contributed by atoms with E-state index in [9.17, 15) is 24.5 Å². The molecule has 0 aliphatic heterocycles.